The van der Waals surface area contributed by atoms with Gasteiger partial charge >= 0.3 is 5.97 Å². The van der Waals surface area contributed by atoms with E-state index in [0.717, 1.165) is 64.2 Å². The van der Waals surface area contributed by atoms with Crippen LogP contribution in [0.4, 0.5) is 0 Å². The van der Waals surface area contributed by atoms with Gasteiger partial charge in [0.1, 0.15) is 6.10 Å². The molecule has 0 aliphatic rings. The van der Waals surface area contributed by atoms with Crippen LogP contribution in [0.15, 0.2) is 85.1 Å². The maximum absolute atomic E-state index is 12.2. The van der Waals surface area contributed by atoms with Gasteiger partial charge in [-0.25, -0.2) is 0 Å². The predicted molar refractivity (Wildman–Crippen MR) is 228 cm³/mol. The van der Waals surface area contributed by atoms with Crippen molar-refractivity contribution in [2.75, 3.05) is 19.8 Å². The molecule has 0 fully saturated rings. The highest BCUT2D eigenvalue weighted by Crippen LogP contribution is 2.14. The van der Waals surface area contributed by atoms with Gasteiger partial charge in [-0.3, -0.25) is 4.79 Å². The van der Waals surface area contributed by atoms with Crippen molar-refractivity contribution in [2.24, 2.45) is 0 Å². The number of ether oxygens (including phenoxy) is 2. The van der Waals surface area contributed by atoms with Crippen LogP contribution in [0.5, 0.6) is 0 Å². The Labute approximate surface area is 322 Å². The van der Waals surface area contributed by atoms with Gasteiger partial charge in [0.2, 0.25) is 0 Å². The molecule has 1 unspecified atom stereocenters. The molecule has 0 rings (SSSR count). The third-order valence-corrected chi connectivity index (χ3v) is 8.98. The normalized spacial score (nSPS) is 13.2. The fourth-order valence-electron chi connectivity index (χ4n) is 5.79. The Hall–Kier alpha value is -2.43. The molecule has 298 valence electrons. The molecule has 0 aromatic carbocycles. The zero-order chi connectivity index (χ0) is 37.7. The number of aliphatic hydroxyl groups is 1. The molecule has 0 saturated carbocycles. The van der Waals surface area contributed by atoms with Crippen molar-refractivity contribution in [1.29, 1.82) is 0 Å². The molecule has 0 aromatic heterocycles. The van der Waals surface area contributed by atoms with E-state index in [0.29, 0.717) is 13.0 Å². The Kier molecular flexibility index (Phi) is 42.6. The monoisotopic (exact) mass is 723 g/mol. The van der Waals surface area contributed by atoms with Crippen molar-refractivity contribution >= 4 is 5.97 Å². The van der Waals surface area contributed by atoms with Crippen LogP contribution in [-0.2, 0) is 14.3 Å². The summed E-state index contributed by atoms with van der Waals surface area (Å²) in [6, 6.07) is 0. The highest BCUT2D eigenvalue weighted by atomic mass is 16.6. The molecule has 0 saturated heterocycles. The zero-order valence-electron chi connectivity index (χ0n) is 34.0. The van der Waals surface area contributed by atoms with E-state index in [4.69, 9.17) is 9.47 Å². The Morgan fingerprint density at radius 2 is 0.846 bits per heavy atom. The number of esters is 1. The van der Waals surface area contributed by atoms with Gasteiger partial charge in [-0.1, -0.05) is 202 Å². The zero-order valence-corrected chi connectivity index (χ0v) is 34.0. The molecule has 0 heterocycles. The second kappa shape index (κ2) is 44.7. The van der Waals surface area contributed by atoms with Crippen LogP contribution in [0.3, 0.4) is 0 Å². The molecule has 1 atom stereocenters. The number of unbranched alkanes of at least 4 members (excludes halogenated alkanes) is 17. The Bertz CT molecular complexity index is 938. The van der Waals surface area contributed by atoms with Crippen LogP contribution in [0, 0.1) is 0 Å². The highest BCUT2D eigenvalue weighted by Gasteiger charge is 2.13. The number of carbonyl (C=O) groups excluding carboxylic acids is 1. The molecule has 1 N–H and O–H groups in total. The fourth-order valence-corrected chi connectivity index (χ4v) is 5.79. The maximum atomic E-state index is 12.2. The van der Waals surface area contributed by atoms with E-state index in [-0.39, 0.29) is 19.2 Å². The van der Waals surface area contributed by atoms with E-state index in [1.54, 1.807) is 0 Å². The lowest BCUT2D eigenvalue weighted by Crippen LogP contribution is -2.27. The predicted octanol–water partition coefficient (Wildman–Crippen LogP) is 14.4. The summed E-state index contributed by atoms with van der Waals surface area (Å²) in [6.07, 6.45) is 62.2. The standard InChI is InChI=1S/C48H82O4/c1-3-5-7-9-11-13-15-17-19-21-22-23-24-25-26-27-29-31-33-35-37-39-41-43-48(50)52-47(45-49)46-51-44-42-40-38-36-34-32-30-28-20-18-16-14-12-10-8-6-4-2/h5,7,11,13,17,19,22-23,25-26,29,31,35,37,47,49H,3-4,6,8-10,12,14-16,18,20-21,24,27-28,30,32-34,36,38-46H2,1-2H3/b7-5-,13-11-,19-17-,23-22-,26-25-,31-29-,37-35-. The van der Waals surface area contributed by atoms with Gasteiger partial charge in [0.05, 0.1) is 13.2 Å². The van der Waals surface area contributed by atoms with Gasteiger partial charge in [0, 0.05) is 13.0 Å². The summed E-state index contributed by atoms with van der Waals surface area (Å²) in [4.78, 5) is 12.2. The van der Waals surface area contributed by atoms with E-state index in [9.17, 15) is 9.90 Å². The third-order valence-electron chi connectivity index (χ3n) is 8.98. The van der Waals surface area contributed by atoms with Crippen LogP contribution < -0.4 is 0 Å². The van der Waals surface area contributed by atoms with Crippen molar-refractivity contribution in [3.05, 3.63) is 85.1 Å². The Morgan fingerprint density at radius 1 is 0.481 bits per heavy atom. The number of hydrogen-bond donors (Lipinski definition) is 1. The first-order valence-corrected chi connectivity index (χ1v) is 21.7. The van der Waals surface area contributed by atoms with E-state index in [1.807, 2.05) is 0 Å². The van der Waals surface area contributed by atoms with Gasteiger partial charge in [0.15, 0.2) is 0 Å². The van der Waals surface area contributed by atoms with E-state index in [2.05, 4.69) is 98.9 Å². The number of allylic oxidation sites excluding steroid dienone is 14. The SMILES string of the molecule is CC/C=C\C/C=C\C/C=C\C/C=C\C/C=C\C/C=C\C/C=C\CCCC(=O)OC(CO)COCCCCCCCCCCCCCCCCCCC. The molecule has 0 amide bonds. The number of rotatable bonds is 39. The van der Waals surface area contributed by atoms with Crippen LogP contribution >= 0.6 is 0 Å². The topological polar surface area (TPSA) is 55.8 Å². The van der Waals surface area contributed by atoms with Crippen molar-refractivity contribution in [3.63, 3.8) is 0 Å². The van der Waals surface area contributed by atoms with E-state index >= 15 is 0 Å². The molecular weight excluding hydrogens is 641 g/mol. The summed E-state index contributed by atoms with van der Waals surface area (Å²) in [5.74, 6) is -0.259. The maximum Gasteiger partial charge on any atom is 0.306 e. The van der Waals surface area contributed by atoms with Gasteiger partial charge in [0.25, 0.3) is 0 Å². The van der Waals surface area contributed by atoms with Crippen LogP contribution in [-0.4, -0.2) is 37.0 Å². The van der Waals surface area contributed by atoms with Crippen molar-refractivity contribution in [2.45, 2.75) is 193 Å². The lowest BCUT2D eigenvalue weighted by atomic mass is 10.0. The van der Waals surface area contributed by atoms with Crippen molar-refractivity contribution in [1.82, 2.24) is 0 Å². The summed E-state index contributed by atoms with van der Waals surface area (Å²) < 4.78 is 11.1. The minimum atomic E-state index is -0.568. The molecule has 0 aromatic rings. The van der Waals surface area contributed by atoms with Gasteiger partial charge in [-0.2, -0.15) is 0 Å². The number of aliphatic hydroxyl groups excluding tert-OH is 1. The average molecular weight is 723 g/mol. The first-order chi connectivity index (χ1) is 25.7. The lowest BCUT2D eigenvalue weighted by Gasteiger charge is -2.15. The van der Waals surface area contributed by atoms with Crippen molar-refractivity contribution in [3.8, 4) is 0 Å². The van der Waals surface area contributed by atoms with E-state index in [1.165, 1.54) is 103 Å². The molecule has 0 radical (unpaired) electrons. The quantitative estimate of drug-likeness (QED) is 0.0390. The summed E-state index contributed by atoms with van der Waals surface area (Å²) in [6.45, 7) is 5.18. The number of hydrogen-bond acceptors (Lipinski definition) is 4. The number of carbonyl (C=O) groups is 1. The summed E-state index contributed by atoms with van der Waals surface area (Å²) in [5.41, 5.74) is 0. The Morgan fingerprint density at radius 3 is 1.23 bits per heavy atom. The second-order valence-electron chi connectivity index (χ2n) is 14.0. The van der Waals surface area contributed by atoms with Crippen LogP contribution in [0.25, 0.3) is 0 Å². The fraction of sp³-hybridized carbons (Fsp3) is 0.688. The molecule has 0 aliphatic carbocycles. The largest absolute Gasteiger partial charge is 0.457 e. The summed E-state index contributed by atoms with van der Waals surface area (Å²) in [5, 5.41) is 9.60. The van der Waals surface area contributed by atoms with Crippen LogP contribution in [0.1, 0.15) is 187 Å². The smallest absolute Gasteiger partial charge is 0.306 e. The molecule has 0 bridgehead atoms. The minimum absolute atomic E-state index is 0.198. The Balaban J connectivity index is 3.58. The van der Waals surface area contributed by atoms with Gasteiger partial charge < -0.3 is 14.6 Å². The summed E-state index contributed by atoms with van der Waals surface area (Å²) in [7, 11) is 0. The first kappa shape index (κ1) is 49.6. The molecule has 4 nitrogen and oxygen atoms in total. The molecule has 0 aliphatic heterocycles. The van der Waals surface area contributed by atoms with E-state index < -0.39 is 6.10 Å². The first-order valence-electron chi connectivity index (χ1n) is 21.7. The van der Waals surface area contributed by atoms with Crippen molar-refractivity contribution < 1.29 is 19.4 Å². The van der Waals surface area contributed by atoms with Crippen LogP contribution in [0.2, 0.25) is 0 Å². The average Bonchev–Trinajstić information content (AvgIpc) is 3.15. The van der Waals surface area contributed by atoms with Gasteiger partial charge in [-0.05, 0) is 64.2 Å². The molecule has 52 heavy (non-hydrogen) atoms. The molecule has 0 spiro atoms. The minimum Gasteiger partial charge on any atom is -0.457 e. The highest BCUT2D eigenvalue weighted by molar-refractivity contribution is 5.69. The second-order valence-corrected chi connectivity index (χ2v) is 14.0. The molecular formula is C48H82O4. The third kappa shape index (κ3) is 42.0. The lowest BCUT2D eigenvalue weighted by molar-refractivity contribution is -0.154. The van der Waals surface area contributed by atoms with Gasteiger partial charge in [-0.15, -0.1) is 0 Å². The molecule has 4 heteroatoms. The summed E-state index contributed by atoms with van der Waals surface area (Å²) >= 11 is 0.